The van der Waals surface area contributed by atoms with Gasteiger partial charge in [-0.05, 0) is 36.4 Å². The number of amides is 1. The normalized spacial score (nSPS) is 10.3. The van der Waals surface area contributed by atoms with Crippen LogP contribution in [0.4, 0.5) is 20.2 Å². The van der Waals surface area contributed by atoms with E-state index in [2.05, 4.69) is 0 Å². The van der Waals surface area contributed by atoms with Gasteiger partial charge >= 0.3 is 0 Å². The summed E-state index contributed by atoms with van der Waals surface area (Å²) in [7, 11) is 1.39. The molecule has 19 heavy (non-hydrogen) atoms. The maximum Gasteiger partial charge on any atom is 0.258 e. The van der Waals surface area contributed by atoms with E-state index >= 15 is 0 Å². The van der Waals surface area contributed by atoms with Gasteiger partial charge in [0, 0.05) is 24.4 Å². The molecule has 0 bridgehead atoms. The maximum atomic E-state index is 13.6. The molecule has 0 atom stereocenters. The van der Waals surface area contributed by atoms with Gasteiger partial charge in [0.15, 0.2) is 0 Å². The van der Waals surface area contributed by atoms with Gasteiger partial charge in [-0.1, -0.05) is 0 Å². The van der Waals surface area contributed by atoms with Crippen molar-refractivity contribution in [3.05, 3.63) is 59.7 Å². The zero-order valence-corrected chi connectivity index (χ0v) is 10.2. The molecule has 0 unspecified atom stereocenters. The Labute approximate surface area is 109 Å². The van der Waals surface area contributed by atoms with E-state index in [1.807, 2.05) is 0 Å². The predicted octanol–water partition coefficient (Wildman–Crippen LogP) is 2.82. The van der Waals surface area contributed by atoms with Gasteiger partial charge in [0.25, 0.3) is 5.91 Å². The van der Waals surface area contributed by atoms with Crippen molar-refractivity contribution < 1.29 is 13.6 Å². The number of rotatable bonds is 2. The van der Waals surface area contributed by atoms with E-state index in [0.717, 1.165) is 23.1 Å². The molecule has 0 heterocycles. The highest BCUT2D eigenvalue weighted by atomic mass is 19.1. The van der Waals surface area contributed by atoms with Gasteiger partial charge in [0.05, 0.1) is 5.69 Å². The minimum Gasteiger partial charge on any atom is -0.399 e. The molecule has 0 radical (unpaired) electrons. The second-order valence-corrected chi connectivity index (χ2v) is 4.08. The molecule has 0 aliphatic heterocycles. The Morgan fingerprint density at radius 3 is 2.37 bits per heavy atom. The van der Waals surface area contributed by atoms with E-state index in [9.17, 15) is 13.6 Å². The average Bonchev–Trinajstić information content (AvgIpc) is 2.41. The van der Waals surface area contributed by atoms with Crippen LogP contribution < -0.4 is 10.6 Å². The van der Waals surface area contributed by atoms with Crippen LogP contribution in [0.3, 0.4) is 0 Å². The second-order valence-electron chi connectivity index (χ2n) is 4.08. The van der Waals surface area contributed by atoms with Crippen molar-refractivity contribution in [2.75, 3.05) is 17.7 Å². The van der Waals surface area contributed by atoms with Crippen molar-refractivity contribution in [1.82, 2.24) is 0 Å². The van der Waals surface area contributed by atoms with E-state index in [0.29, 0.717) is 11.3 Å². The SMILES string of the molecule is CN(C(=O)c1ccc(N)cc1)c1cc(F)ccc1F. The first-order valence-corrected chi connectivity index (χ1v) is 5.57. The summed E-state index contributed by atoms with van der Waals surface area (Å²) in [5.41, 5.74) is 6.29. The highest BCUT2D eigenvalue weighted by molar-refractivity contribution is 6.05. The summed E-state index contributed by atoms with van der Waals surface area (Å²) in [6.45, 7) is 0. The quantitative estimate of drug-likeness (QED) is 0.846. The first-order chi connectivity index (χ1) is 8.99. The zero-order valence-electron chi connectivity index (χ0n) is 10.2. The molecule has 0 aromatic heterocycles. The number of nitrogens with zero attached hydrogens (tertiary/aromatic N) is 1. The summed E-state index contributed by atoms with van der Waals surface area (Å²) in [4.78, 5) is 13.2. The number of halogens is 2. The van der Waals surface area contributed by atoms with Crippen LogP contribution in [-0.4, -0.2) is 13.0 Å². The van der Waals surface area contributed by atoms with Crippen LogP contribution in [0.2, 0.25) is 0 Å². The van der Waals surface area contributed by atoms with E-state index in [-0.39, 0.29) is 5.69 Å². The molecule has 2 rings (SSSR count). The molecule has 3 nitrogen and oxygen atoms in total. The number of anilines is 2. The van der Waals surface area contributed by atoms with Gasteiger partial charge in [0.1, 0.15) is 11.6 Å². The molecule has 98 valence electrons. The summed E-state index contributed by atoms with van der Waals surface area (Å²) in [5, 5.41) is 0. The van der Waals surface area contributed by atoms with E-state index in [1.165, 1.54) is 19.2 Å². The van der Waals surface area contributed by atoms with E-state index in [1.54, 1.807) is 12.1 Å². The first-order valence-electron chi connectivity index (χ1n) is 5.57. The van der Waals surface area contributed by atoms with Crippen LogP contribution in [0, 0.1) is 11.6 Å². The van der Waals surface area contributed by atoms with Crippen molar-refractivity contribution in [2.24, 2.45) is 0 Å². The van der Waals surface area contributed by atoms with Crippen LogP contribution in [-0.2, 0) is 0 Å². The third-order valence-electron chi connectivity index (χ3n) is 2.73. The summed E-state index contributed by atoms with van der Waals surface area (Å²) >= 11 is 0. The van der Waals surface area contributed by atoms with Gasteiger partial charge in [-0.3, -0.25) is 4.79 Å². The zero-order chi connectivity index (χ0) is 14.0. The van der Waals surface area contributed by atoms with Crippen molar-refractivity contribution >= 4 is 17.3 Å². The molecule has 0 saturated carbocycles. The minimum atomic E-state index is -0.660. The molecule has 2 N–H and O–H groups in total. The van der Waals surface area contributed by atoms with Crippen molar-refractivity contribution in [2.45, 2.75) is 0 Å². The van der Waals surface area contributed by atoms with Gasteiger partial charge in [0.2, 0.25) is 0 Å². The fourth-order valence-electron chi connectivity index (χ4n) is 1.67. The Kier molecular flexibility index (Phi) is 3.46. The van der Waals surface area contributed by atoms with Crippen LogP contribution in [0.15, 0.2) is 42.5 Å². The van der Waals surface area contributed by atoms with Crippen LogP contribution in [0.5, 0.6) is 0 Å². The van der Waals surface area contributed by atoms with Crippen molar-refractivity contribution in [3.8, 4) is 0 Å². The molecule has 2 aromatic rings. The number of carbonyl (C=O) groups excluding carboxylic acids is 1. The lowest BCUT2D eigenvalue weighted by molar-refractivity contribution is 0.0992. The Hall–Kier alpha value is -2.43. The largest absolute Gasteiger partial charge is 0.399 e. The smallest absolute Gasteiger partial charge is 0.258 e. The summed E-state index contributed by atoms with van der Waals surface area (Å²) in [6.07, 6.45) is 0. The molecule has 0 spiro atoms. The predicted molar refractivity (Wildman–Crippen MR) is 69.9 cm³/mol. The van der Waals surface area contributed by atoms with Crippen LogP contribution in [0.1, 0.15) is 10.4 Å². The number of hydrogen-bond donors (Lipinski definition) is 1. The second kappa shape index (κ2) is 5.06. The first kappa shape index (κ1) is 13.0. The van der Waals surface area contributed by atoms with Crippen molar-refractivity contribution in [3.63, 3.8) is 0 Å². The molecule has 0 saturated heterocycles. The third-order valence-corrected chi connectivity index (χ3v) is 2.73. The van der Waals surface area contributed by atoms with Crippen LogP contribution >= 0.6 is 0 Å². The molecule has 5 heteroatoms. The van der Waals surface area contributed by atoms with Gasteiger partial charge in [-0.2, -0.15) is 0 Å². The number of nitrogen functional groups attached to an aromatic ring is 1. The Bertz CT molecular complexity index is 611. The molecule has 0 aliphatic rings. The van der Waals surface area contributed by atoms with E-state index in [4.69, 9.17) is 5.73 Å². The molecule has 0 fully saturated rings. The summed E-state index contributed by atoms with van der Waals surface area (Å²) < 4.78 is 26.7. The lowest BCUT2D eigenvalue weighted by Crippen LogP contribution is -2.27. The Morgan fingerprint density at radius 2 is 1.74 bits per heavy atom. The average molecular weight is 262 g/mol. The highest BCUT2D eigenvalue weighted by Crippen LogP contribution is 2.21. The summed E-state index contributed by atoms with van der Waals surface area (Å²) in [6, 6.07) is 9.17. The monoisotopic (exact) mass is 262 g/mol. The molecular weight excluding hydrogens is 250 g/mol. The molecule has 2 aromatic carbocycles. The number of nitrogens with two attached hydrogens (primary N) is 1. The summed E-state index contributed by atoms with van der Waals surface area (Å²) in [5.74, 6) is -1.70. The number of benzene rings is 2. The fourth-order valence-corrected chi connectivity index (χ4v) is 1.67. The molecule has 1 amide bonds. The van der Waals surface area contributed by atoms with Crippen molar-refractivity contribution in [1.29, 1.82) is 0 Å². The lowest BCUT2D eigenvalue weighted by Gasteiger charge is -2.18. The third kappa shape index (κ3) is 2.70. The number of hydrogen-bond acceptors (Lipinski definition) is 2. The highest BCUT2D eigenvalue weighted by Gasteiger charge is 2.17. The topological polar surface area (TPSA) is 46.3 Å². The van der Waals surface area contributed by atoms with E-state index < -0.39 is 17.5 Å². The number of carbonyl (C=O) groups is 1. The maximum absolute atomic E-state index is 13.6. The Balaban J connectivity index is 2.33. The van der Waals surface area contributed by atoms with Gasteiger partial charge in [-0.15, -0.1) is 0 Å². The van der Waals surface area contributed by atoms with Gasteiger partial charge < -0.3 is 10.6 Å². The lowest BCUT2D eigenvalue weighted by atomic mass is 10.1. The molecule has 0 aliphatic carbocycles. The Morgan fingerprint density at radius 1 is 1.11 bits per heavy atom. The van der Waals surface area contributed by atoms with Gasteiger partial charge in [-0.25, -0.2) is 8.78 Å². The molecular formula is C14H12F2N2O. The fraction of sp³-hybridized carbons (Fsp3) is 0.0714. The van der Waals surface area contributed by atoms with Crippen LogP contribution in [0.25, 0.3) is 0 Å². The standard InChI is InChI=1S/C14H12F2N2O/c1-18(13-8-10(15)4-7-12(13)16)14(19)9-2-5-11(17)6-3-9/h2-8H,17H2,1H3. The minimum absolute atomic E-state index is 0.109.